The molecule has 3 aromatic heterocycles. The first-order valence-corrected chi connectivity index (χ1v) is 19.2. The van der Waals surface area contributed by atoms with Crippen LogP contribution in [0.15, 0.2) is 108 Å². The molecule has 7 aromatic rings. The molecule has 0 aliphatic rings. The molecular weight excluding hydrogens is 769 g/mol. The van der Waals surface area contributed by atoms with Gasteiger partial charge in [-0.2, -0.15) is 0 Å². The van der Waals surface area contributed by atoms with Crippen LogP contribution in [-0.4, -0.2) is 18.0 Å². The van der Waals surface area contributed by atoms with Crippen molar-refractivity contribution in [2.24, 2.45) is 5.92 Å². The van der Waals surface area contributed by atoms with Gasteiger partial charge in [0.1, 0.15) is 5.58 Å². The summed E-state index contributed by atoms with van der Waals surface area (Å²) < 4.78 is 47.9. The average Bonchev–Trinajstić information content (AvgIpc) is 3.45. The molecule has 0 atom stereocenters. The number of hydrogen-bond donors (Lipinski definition) is 0. The molecule has 241 valence electrons. The van der Waals surface area contributed by atoms with Gasteiger partial charge in [-0.25, -0.2) is 0 Å². The van der Waals surface area contributed by atoms with Crippen molar-refractivity contribution in [1.29, 1.82) is 0 Å². The molecule has 7 rings (SSSR count). The van der Waals surface area contributed by atoms with Gasteiger partial charge in [0.25, 0.3) is 0 Å². The summed E-state index contributed by atoms with van der Waals surface area (Å²) >= 11 is 0. The minimum absolute atomic E-state index is 0. The van der Waals surface area contributed by atoms with Gasteiger partial charge in [0.2, 0.25) is 0 Å². The molecular formula is C42H42IrN2OSi-2. The van der Waals surface area contributed by atoms with Gasteiger partial charge in [0, 0.05) is 42.0 Å². The number of benzene rings is 4. The zero-order valence-corrected chi connectivity index (χ0v) is 31.3. The van der Waals surface area contributed by atoms with Gasteiger partial charge in [-0.15, -0.1) is 54.1 Å². The minimum atomic E-state index is -1.76. The van der Waals surface area contributed by atoms with Crippen molar-refractivity contribution in [3.63, 3.8) is 0 Å². The van der Waals surface area contributed by atoms with Crippen LogP contribution in [0.4, 0.5) is 0 Å². The van der Waals surface area contributed by atoms with Crippen molar-refractivity contribution in [2.45, 2.75) is 59.6 Å². The first kappa shape index (κ1) is 28.1. The average molecular weight is 816 g/mol. The van der Waals surface area contributed by atoms with Crippen LogP contribution in [-0.2, 0) is 26.5 Å². The van der Waals surface area contributed by atoms with E-state index in [-0.39, 0.29) is 43.8 Å². The quantitative estimate of drug-likeness (QED) is 0.124. The SMILES string of the molecule is [2H]C(C)(C)c1cc(-c2[c-]cccc2)ncc1[Si](C)(C)C.[2H]c1nc(-c2[c-]ccc3c2oc2cc4ccccc4cc23)cc(C([2H])([2H])C(C)C)c1[2H].[Ir]. The Morgan fingerprint density at radius 2 is 1.60 bits per heavy atom. The number of fused-ring (bicyclic) bond motifs is 4. The van der Waals surface area contributed by atoms with E-state index >= 15 is 0 Å². The second-order valence-corrected chi connectivity index (χ2v) is 18.2. The number of rotatable bonds is 6. The van der Waals surface area contributed by atoms with Crippen molar-refractivity contribution in [1.82, 2.24) is 9.97 Å². The van der Waals surface area contributed by atoms with E-state index in [1.807, 2.05) is 74.6 Å². The van der Waals surface area contributed by atoms with Gasteiger partial charge >= 0.3 is 0 Å². The number of hydrogen-bond acceptors (Lipinski definition) is 3. The predicted octanol–water partition coefficient (Wildman–Crippen LogP) is 11.0. The summed E-state index contributed by atoms with van der Waals surface area (Å²) in [5, 5.41) is 5.36. The fraction of sp³-hybridized carbons (Fsp3) is 0.238. The smallest absolute Gasteiger partial charge is 0.121 e. The summed E-state index contributed by atoms with van der Waals surface area (Å²) in [6.45, 7) is 14.3. The molecule has 0 spiro atoms. The van der Waals surface area contributed by atoms with Crippen LogP contribution in [0.1, 0.15) is 51.6 Å². The maximum atomic E-state index is 8.45. The molecule has 5 heteroatoms. The van der Waals surface area contributed by atoms with E-state index in [1.165, 1.54) is 5.19 Å². The second kappa shape index (κ2) is 14.5. The monoisotopic (exact) mass is 816 g/mol. The molecule has 47 heavy (non-hydrogen) atoms. The molecule has 0 aliphatic heterocycles. The molecule has 1 radical (unpaired) electrons. The summed E-state index contributed by atoms with van der Waals surface area (Å²) in [4.78, 5) is 8.88. The summed E-state index contributed by atoms with van der Waals surface area (Å²) in [5.41, 5.74) is 5.43. The van der Waals surface area contributed by atoms with Gasteiger partial charge in [0.05, 0.1) is 16.4 Å². The number of pyridine rings is 2. The van der Waals surface area contributed by atoms with Gasteiger partial charge < -0.3 is 14.4 Å². The maximum Gasteiger partial charge on any atom is 0.121 e. The molecule has 0 saturated carbocycles. The van der Waals surface area contributed by atoms with Crippen molar-refractivity contribution in [2.75, 3.05) is 0 Å². The van der Waals surface area contributed by atoms with Crippen molar-refractivity contribution in [3.8, 4) is 22.5 Å². The van der Waals surface area contributed by atoms with E-state index in [0.717, 1.165) is 43.9 Å². The molecule has 0 fully saturated rings. The van der Waals surface area contributed by atoms with E-state index in [2.05, 4.69) is 59.9 Å². The third kappa shape index (κ3) is 7.65. The molecule has 3 nitrogen and oxygen atoms in total. The van der Waals surface area contributed by atoms with Crippen LogP contribution in [0.2, 0.25) is 19.6 Å². The van der Waals surface area contributed by atoms with E-state index in [0.29, 0.717) is 16.8 Å². The first-order valence-electron chi connectivity index (χ1n) is 18.2. The molecule has 0 bridgehead atoms. The van der Waals surface area contributed by atoms with Crippen molar-refractivity contribution >= 4 is 46.0 Å². The Hall–Kier alpha value is -3.89. The van der Waals surface area contributed by atoms with Gasteiger partial charge in [-0.05, 0) is 63.7 Å². The number of nitrogens with zero attached hydrogens (tertiary/aromatic N) is 2. The zero-order valence-electron chi connectivity index (χ0n) is 32.9. The first-order chi connectivity index (χ1) is 24.0. The normalized spacial score (nSPS) is 13.7. The third-order valence-electron chi connectivity index (χ3n) is 7.88. The van der Waals surface area contributed by atoms with Gasteiger partial charge in [-0.3, -0.25) is 0 Å². The number of aromatic nitrogens is 2. The van der Waals surface area contributed by atoms with Crippen LogP contribution in [0.3, 0.4) is 0 Å². The molecule has 0 unspecified atom stereocenters. The van der Waals surface area contributed by atoms with E-state index in [4.69, 9.17) is 11.3 Å². The summed E-state index contributed by atoms with van der Waals surface area (Å²) in [5.74, 6) is -0.966. The third-order valence-corrected chi connectivity index (χ3v) is 9.90. The number of furan rings is 1. The largest absolute Gasteiger partial charge is 0.501 e. The fourth-order valence-electron chi connectivity index (χ4n) is 5.65. The van der Waals surface area contributed by atoms with Gasteiger partial charge in [0.15, 0.2) is 0 Å². The Balaban J connectivity index is 0.000000217. The molecule has 0 N–H and O–H groups in total. The summed E-state index contributed by atoms with van der Waals surface area (Å²) in [6.07, 6.45) is -0.0396. The Labute approximate surface area is 300 Å². The minimum Gasteiger partial charge on any atom is -0.501 e. The Morgan fingerprint density at radius 1 is 0.851 bits per heavy atom. The van der Waals surface area contributed by atoms with Crippen LogP contribution in [0, 0.1) is 18.1 Å². The van der Waals surface area contributed by atoms with E-state index < -0.39 is 20.3 Å². The topological polar surface area (TPSA) is 38.9 Å². The van der Waals surface area contributed by atoms with Crippen molar-refractivity contribution in [3.05, 3.63) is 127 Å². The van der Waals surface area contributed by atoms with E-state index in [1.54, 1.807) is 26.0 Å². The zero-order chi connectivity index (χ0) is 36.9. The Morgan fingerprint density at radius 3 is 2.28 bits per heavy atom. The molecule has 0 amide bonds. The van der Waals surface area contributed by atoms with Crippen LogP contribution in [0.5, 0.6) is 0 Å². The molecule has 4 aromatic carbocycles. The maximum absolute atomic E-state index is 8.45. The summed E-state index contributed by atoms with van der Waals surface area (Å²) in [6, 6.07) is 33.6. The molecule has 0 aliphatic carbocycles. The summed E-state index contributed by atoms with van der Waals surface area (Å²) in [7, 11) is -1.50. The predicted molar refractivity (Wildman–Crippen MR) is 197 cm³/mol. The molecule has 3 heterocycles. The van der Waals surface area contributed by atoms with Crippen LogP contribution in [0.25, 0.3) is 55.2 Å². The van der Waals surface area contributed by atoms with Crippen LogP contribution < -0.4 is 5.19 Å². The second-order valence-electron chi connectivity index (χ2n) is 13.1. The van der Waals surface area contributed by atoms with Gasteiger partial charge in [-0.1, -0.05) is 106 Å². The Bertz CT molecular complexity index is 2380. The van der Waals surface area contributed by atoms with Crippen molar-refractivity contribution < 1.29 is 31.4 Å². The standard InChI is InChI=1S/C25H20NO.C17H22NSi.Ir/c1-16(2)12-17-10-11-26-23(13-17)21-9-5-8-20-22-14-18-6-3-4-7-19(18)15-24(22)27-25(20)21;1-13(2)15-11-16(14-9-7-6-8-10-14)18-12-17(15)19(3,4)5;/h3-8,10-11,13-16H,12H2,1-2H3;6-9,11-13H,1-5H3;/q2*-1;/i10D,11D,12D2;13D;. The fourth-order valence-corrected chi connectivity index (χ4v) is 7.24. The van der Waals surface area contributed by atoms with E-state index in [9.17, 15) is 0 Å². The Kier molecular flexibility index (Phi) is 8.67. The van der Waals surface area contributed by atoms with Crippen LogP contribution >= 0.6 is 0 Å². The molecule has 0 saturated heterocycles.